The van der Waals surface area contributed by atoms with Crippen LogP contribution in [0.4, 0.5) is 10.3 Å². The first-order chi connectivity index (χ1) is 10.1. The van der Waals surface area contributed by atoms with E-state index in [0.717, 1.165) is 6.42 Å². The van der Waals surface area contributed by atoms with Crippen molar-refractivity contribution in [1.82, 2.24) is 9.55 Å². The minimum atomic E-state index is -0.445. The Kier molecular flexibility index (Phi) is 2.69. The molecule has 2 aromatic carbocycles. The fourth-order valence-corrected chi connectivity index (χ4v) is 3.23. The average Bonchev–Trinajstić information content (AvgIpc) is 2.72. The summed E-state index contributed by atoms with van der Waals surface area (Å²) in [5.74, 6) is 0.356. The van der Waals surface area contributed by atoms with Crippen molar-refractivity contribution in [2.45, 2.75) is 18.9 Å². The van der Waals surface area contributed by atoms with Crippen LogP contribution in [0, 0.1) is 5.82 Å². The van der Waals surface area contributed by atoms with Crippen LogP contribution in [0.15, 0.2) is 36.4 Å². The first-order valence-corrected chi connectivity index (χ1v) is 7.20. The lowest BCUT2D eigenvalue weighted by molar-refractivity contribution is 0.520. The van der Waals surface area contributed by atoms with Gasteiger partial charge in [0.25, 0.3) is 0 Å². The molecule has 0 fully saturated rings. The Bertz CT molecular complexity index is 856. The van der Waals surface area contributed by atoms with Crippen LogP contribution in [0.5, 0.6) is 0 Å². The van der Waals surface area contributed by atoms with Crippen LogP contribution in [-0.4, -0.2) is 9.55 Å². The fraction of sp³-hybridized carbons (Fsp3) is 0.188. The normalized spacial score (nSPS) is 16.8. The Labute approximate surface area is 126 Å². The first kappa shape index (κ1) is 12.7. The number of anilines is 1. The summed E-state index contributed by atoms with van der Waals surface area (Å²) in [7, 11) is 0. The summed E-state index contributed by atoms with van der Waals surface area (Å²) < 4.78 is 15.6. The number of hydrogen-bond donors (Lipinski definition) is 1. The second-order valence-corrected chi connectivity index (χ2v) is 5.84. The van der Waals surface area contributed by atoms with Crippen molar-refractivity contribution in [2.75, 3.05) is 5.73 Å². The Morgan fingerprint density at radius 1 is 1.33 bits per heavy atom. The molecule has 1 aliphatic carbocycles. The summed E-state index contributed by atoms with van der Waals surface area (Å²) in [5.41, 5.74) is 10.0. The number of halogens is 2. The van der Waals surface area contributed by atoms with E-state index in [2.05, 4.69) is 17.1 Å². The van der Waals surface area contributed by atoms with Crippen LogP contribution in [0.1, 0.15) is 17.0 Å². The van der Waals surface area contributed by atoms with Crippen LogP contribution in [0.3, 0.4) is 0 Å². The first-order valence-electron chi connectivity index (χ1n) is 6.82. The van der Waals surface area contributed by atoms with E-state index < -0.39 is 5.82 Å². The Balaban J connectivity index is 1.75. The number of fused-ring (bicyclic) bond motifs is 2. The van der Waals surface area contributed by atoms with E-state index >= 15 is 0 Å². The van der Waals surface area contributed by atoms with Crippen molar-refractivity contribution in [3.05, 3.63) is 58.4 Å². The van der Waals surface area contributed by atoms with E-state index in [1.54, 1.807) is 0 Å². The maximum absolute atomic E-state index is 13.7. The molecular formula is C16H13ClFN3. The molecule has 3 nitrogen and oxygen atoms in total. The average molecular weight is 302 g/mol. The zero-order chi connectivity index (χ0) is 14.6. The number of aromatic nitrogens is 2. The van der Waals surface area contributed by atoms with E-state index in [-0.39, 0.29) is 5.02 Å². The van der Waals surface area contributed by atoms with Crippen molar-refractivity contribution in [2.24, 2.45) is 0 Å². The van der Waals surface area contributed by atoms with Gasteiger partial charge in [-0.2, -0.15) is 0 Å². The van der Waals surface area contributed by atoms with Crippen molar-refractivity contribution in [3.63, 3.8) is 0 Å². The minimum absolute atomic E-state index is 0.0705. The van der Waals surface area contributed by atoms with E-state index in [9.17, 15) is 4.39 Å². The van der Waals surface area contributed by atoms with Crippen molar-refractivity contribution >= 4 is 28.6 Å². The lowest BCUT2D eigenvalue weighted by atomic mass is 9.77. The molecule has 1 aliphatic rings. The maximum atomic E-state index is 13.7. The second-order valence-electron chi connectivity index (χ2n) is 5.44. The van der Waals surface area contributed by atoms with Gasteiger partial charge in [0, 0.05) is 18.5 Å². The highest BCUT2D eigenvalue weighted by Crippen LogP contribution is 2.37. The maximum Gasteiger partial charge on any atom is 0.201 e. The third kappa shape index (κ3) is 1.90. The summed E-state index contributed by atoms with van der Waals surface area (Å²) in [5, 5.41) is 0.0705. The van der Waals surface area contributed by atoms with Gasteiger partial charge in [-0.25, -0.2) is 9.37 Å². The van der Waals surface area contributed by atoms with Gasteiger partial charge >= 0.3 is 0 Å². The van der Waals surface area contributed by atoms with E-state index in [4.69, 9.17) is 17.3 Å². The van der Waals surface area contributed by atoms with Gasteiger partial charge < -0.3 is 10.3 Å². The summed E-state index contributed by atoms with van der Waals surface area (Å²) >= 11 is 5.80. The van der Waals surface area contributed by atoms with Crippen LogP contribution < -0.4 is 5.73 Å². The van der Waals surface area contributed by atoms with Crippen LogP contribution in [-0.2, 0) is 13.0 Å². The third-order valence-electron chi connectivity index (χ3n) is 4.18. The van der Waals surface area contributed by atoms with Gasteiger partial charge in [0.1, 0.15) is 5.82 Å². The molecule has 0 saturated carbocycles. The number of nitrogens with zero attached hydrogens (tertiary/aromatic N) is 2. The molecule has 1 atom stereocenters. The molecule has 0 aliphatic heterocycles. The monoisotopic (exact) mass is 301 g/mol. The molecule has 0 bridgehead atoms. The number of nitrogen functional groups attached to an aromatic ring is 1. The summed E-state index contributed by atoms with van der Waals surface area (Å²) in [6, 6.07) is 11.3. The molecule has 21 heavy (non-hydrogen) atoms. The largest absolute Gasteiger partial charge is 0.369 e. The van der Waals surface area contributed by atoms with Crippen molar-refractivity contribution < 1.29 is 4.39 Å². The standard InChI is InChI=1S/C16H13ClFN3/c17-12-6-14-15(7-13(12)18)21(16(19)20-14)8-10-5-9-3-1-2-4-11(9)10/h1-4,6-7,10H,5,8H2,(H2,19,20). The van der Waals surface area contributed by atoms with Gasteiger partial charge in [-0.15, -0.1) is 0 Å². The Morgan fingerprint density at radius 3 is 2.95 bits per heavy atom. The van der Waals surface area contributed by atoms with Crippen LogP contribution in [0.25, 0.3) is 11.0 Å². The van der Waals surface area contributed by atoms with Gasteiger partial charge in [-0.1, -0.05) is 35.9 Å². The molecule has 1 aromatic heterocycles. The highest BCUT2D eigenvalue weighted by molar-refractivity contribution is 6.31. The lowest BCUT2D eigenvalue weighted by Gasteiger charge is -2.30. The second kappa shape index (κ2) is 4.46. The molecule has 2 N–H and O–H groups in total. The molecule has 3 aromatic rings. The predicted octanol–water partition coefficient (Wildman–Crippen LogP) is 3.75. The smallest absolute Gasteiger partial charge is 0.201 e. The van der Waals surface area contributed by atoms with Gasteiger partial charge in [0.15, 0.2) is 0 Å². The minimum Gasteiger partial charge on any atom is -0.369 e. The highest BCUT2D eigenvalue weighted by Gasteiger charge is 2.27. The van der Waals surface area contributed by atoms with Gasteiger partial charge in [0.2, 0.25) is 5.95 Å². The van der Waals surface area contributed by atoms with Crippen molar-refractivity contribution in [3.8, 4) is 0 Å². The number of hydrogen-bond acceptors (Lipinski definition) is 2. The molecule has 5 heteroatoms. The predicted molar refractivity (Wildman–Crippen MR) is 82.0 cm³/mol. The van der Waals surface area contributed by atoms with E-state index in [1.165, 1.54) is 23.3 Å². The number of rotatable bonds is 2. The quantitative estimate of drug-likeness (QED) is 0.783. The molecule has 106 valence electrons. The Morgan fingerprint density at radius 2 is 2.14 bits per heavy atom. The fourth-order valence-electron chi connectivity index (χ4n) is 3.08. The molecule has 0 radical (unpaired) electrons. The molecule has 1 unspecified atom stereocenters. The van der Waals surface area contributed by atoms with Gasteiger partial charge in [0.05, 0.1) is 16.1 Å². The summed E-state index contributed by atoms with van der Waals surface area (Å²) in [4.78, 5) is 4.27. The molecule has 1 heterocycles. The van der Waals surface area contributed by atoms with E-state index in [0.29, 0.717) is 29.4 Å². The molecular weight excluding hydrogens is 289 g/mol. The van der Waals surface area contributed by atoms with Crippen LogP contribution >= 0.6 is 11.6 Å². The summed E-state index contributed by atoms with van der Waals surface area (Å²) in [6.45, 7) is 0.709. The van der Waals surface area contributed by atoms with Crippen LogP contribution in [0.2, 0.25) is 5.02 Å². The van der Waals surface area contributed by atoms with Crippen molar-refractivity contribution in [1.29, 1.82) is 0 Å². The SMILES string of the molecule is Nc1nc2cc(Cl)c(F)cc2n1CC1Cc2ccccc21. The summed E-state index contributed by atoms with van der Waals surface area (Å²) in [6.07, 6.45) is 1.02. The Hall–Kier alpha value is -2.07. The highest BCUT2D eigenvalue weighted by atomic mass is 35.5. The lowest BCUT2D eigenvalue weighted by Crippen LogP contribution is -2.22. The number of imidazole rings is 1. The molecule has 0 amide bonds. The zero-order valence-corrected chi connectivity index (χ0v) is 11.9. The van der Waals surface area contributed by atoms with Gasteiger partial charge in [-0.3, -0.25) is 0 Å². The third-order valence-corrected chi connectivity index (χ3v) is 4.47. The number of nitrogens with two attached hydrogens (primary N) is 1. The van der Waals surface area contributed by atoms with E-state index in [1.807, 2.05) is 16.7 Å². The van der Waals surface area contributed by atoms with Gasteiger partial charge in [-0.05, 0) is 23.6 Å². The molecule has 0 spiro atoms. The zero-order valence-electron chi connectivity index (χ0n) is 11.2. The molecule has 0 saturated heterocycles. The molecule has 4 rings (SSSR count). The topological polar surface area (TPSA) is 43.8 Å². The number of benzene rings is 2.